The standard InChI is InChI=1S/C18H29NO6/c1-6-23-12-14(16(21)24-7-2)15(20)13-8-10-19(11-9-13)17(22)25-18(3,4)5/h12-13H,6-11H2,1-5H3. The number of rotatable bonds is 6. The van der Waals surface area contributed by atoms with Crippen LogP contribution in [0.2, 0.25) is 0 Å². The Balaban J connectivity index is 2.69. The lowest BCUT2D eigenvalue weighted by Crippen LogP contribution is -2.43. The van der Waals surface area contributed by atoms with Gasteiger partial charge < -0.3 is 19.1 Å². The Morgan fingerprint density at radius 3 is 2.16 bits per heavy atom. The molecule has 1 heterocycles. The maximum atomic E-state index is 12.6. The third-order valence-corrected chi connectivity index (χ3v) is 3.65. The van der Waals surface area contributed by atoms with E-state index in [2.05, 4.69) is 0 Å². The lowest BCUT2D eigenvalue weighted by atomic mass is 9.89. The molecule has 1 aliphatic rings. The predicted molar refractivity (Wildman–Crippen MR) is 91.9 cm³/mol. The number of ether oxygens (including phenoxy) is 3. The van der Waals surface area contributed by atoms with Crippen LogP contribution in [0.5, 0.6) is 0 Å². The fraction of sp³-hybridized carbons (Fsp3) is 0.722. The highest BCUT2D eigenvalue weighted by Gasteiger charge is 2.33. The van der Waals surface area contributed by atoms with Crippen molar-refractivity contribution in [3.05, 3.63) is 11.8 Å². The Labute approximate surface area is 149 Å². The van der Waals surface area contributed by atoms with Crippen LogP contribution in [0, 0.1) is 5.92 Å². The van der Waals surface area contributed by atoms with Crippen molar-refractivity contribution in [3.63, 3.8) is 0 Å². The third kappa shape index (κ3) is 6.76. The van der Waals surface area contributed by atoms with E-state index in [1.165, 1.54) is 6.26 Å². The van der Waals surface area contributed by atoms with Crippen LogP contribution in [-0.4, -0.2) is 54.7 Å². The molecule has 0 spiro atoms. The topological polar surface area (TPSA) is 82.1 Å². The van der Waals surface area contributed by atoms with Crippen LogP contribution in [0.3, 0.4) is 0 Å². The average molecular weight is 355 g/mol. The molecule has 1 rings (SSSR count). The van der Waals surface area contributed by atoms with E-state index in [1.807, 2.05) is 20.8 Å². The Morgan fingerprint density at radius 2 is 1.68 bits per heavy atom. The van der Waals surface area contributed by atoms with Gasteiger partial charge in [0.1, 0.15) is 17.4 Å². The van der Waals surface area contributed by atoms with Gasteiger partial charge in [-0.15, -0.1) is 0 Å². The number of amides is 1. The van der Waals surface area contributed by atoms with Crippen LogP contribution in [0.25, 0.3) is 0 Å². The summed E-state index contributed by atoms with van der Waals surface area (Å²) in [5.74, 6) is -1.30. The first-order valence-corrected chi connectivity index (χ1v) is 8.70. The second kappa shape index (κ2) is 9.44. The minimum atomic E-state index is -0.671. The van der Waals surface area contributed by atoms with Crippen molar-refractivity contribution >= 4 is 17.8 Å². The van der Waals surface area contributed by atoms with Crippen LogP contribution in [0.1, 0.15) is 47.5 Å². The molecule has 0 radical (unpaired) electrons. The molecule has 0 aromatic carbocycles. The minimum absolute atomic E-state index is 0.0700. The molecule has 0 bridgehead atoms. The van der Waals surface area contributed by atoms with Crippen LogP contribution >= 0.6 is 0 Å². The van der Waals surface area contributed by atoms with E-state index in [9.17, 15) is 14.4 Å². The normalized spacial score (nSPS) is 16.4. The van der Waals surface area contributed by atoms with E-state index in [0.717, 1.165) is 0 Å². The molecule has 0 N–H and O–H groups in total. The summed E-state index contributed by atoms with van der Waals surface area (Å²) in [6, 6.07) is 0. The fourth-order valence-corrected chi connectivity index (χ4v) is 2.45. The average Bonchev–Trinajstić information content (AvgIpc) is 2.54. The van der Waals surface area contributed by atoms with Crippen molar-refractivity contribution in [1.29, 1.82) is 0 Å². The van der Waals surface area contributed by atoms with E-state index >= 15 is 0 Å². The molecule has 0 saturated carbocycles. The number of piperidine rings is 1. The molecule has 25 heavy (non-hydrogen) atoms. The maximum Gasteiger partial charge on any atom is 0.410 e. The maximum absolute atomic E-state index is 12.6. The number of ketones is 1. The van der Waals surface area contributed by atoms with Gasteiger partial charge in [0.05, 0.1) is 13.2 Å². The van der Waals surface area contributed by atoms with E-state index in [0.29, 0.717) is 32.5 Å². The summed E-state index contributed by atoms with van der Waals surface area (Å²) in [5.41, 5.74) is -0.624. The summed E-state index contributed by atoms with van der Waals surface area (Å²) in [6.45, 7) is 10.2. The quantitative estimate of drug-likeness (QED) is 0.239. The highest BCUT2D eigenvalue weighted by molar-refractivity contribution is 6.17. The van der Waals surface area contributed by atoms with Crippen LogP contribution in [0.15, 0.2) is 11.8 Å². The zero-order valence-corrected chi connectivity index (χ0v) is 15.8. The molecular formula is C18H29NO6. The van der Waals surface area contributed by atoms with Gasteiger partial charge in [0.25, 0.3) is 0 Å². The molecule has 7 nitrogen and oxygen atoms in total. The lowest BCUT2D eigenvalue weighted by Gasteiger charge is -2.33. The van der Waals surface area contributed by atoms with Crippen molar-refractivity contribution in [3.8, 4) is 0 Å². The molecule has 1 amide bonds. The van der Waals surface area contributed by atoms with E-state index in [-0.39, 0.29) is 30.0 Å². The number of likely N-dealkylation sites (tertiary alicyclic amines) is 1. The van der Waals surface area contributed by atoms with Gasteiger partial charge in [0.2, 0.25) is 0 Å². The Morgan fingerprint density at radius 1 is 1.08 bits per heavy atom. The SMILES string of the molecule is CCOC=C(C(=O)OCC)C(=O)C1CCN(C(=O)OC(C)(C)C)CC1. The van der Waals surface area contributed by atoms with E-state index < -0.39 is 11.6 Å². The summed E-state index contributed by atoms with van der Waals surface area (Å²) in [4.78, 5) is 38.3. The summed E-state index contributed by atoms with van der Waals surface area (Å²) >= 11 is 0. The number of hydrogen-bond acceptors (Lipinski definition) is 6. The molecule has 0 aromatic heterocycles. The van der Waals surface area contributed by atoms with Gasteiger partial charge in [-0.3, -0.25) is 4.79 Å². The van der Waals surface area contributed by atoms with Gasteiger partial charge >= 0.3 is 12.1 Å². The fourth-order valence-electron chi connectivity index (χ4n) is 2.45. The van der Waals surface area contributed by atoms with Gasteiger partial charge in [-0.25, -0.2) is 9.59 Å². The number of Topliss-reactive ketones (excluding diaryl/α,β-unsaturated/α-hetero) is 1. The second-order valence-electron chi connectivity index (χ2n) is 6.81. The molecule has 1 saturated heterocycles. The van der Waals surface area contributed by atoms with Gasteiger partial charge in [-0.1, -0.05) is 0 Å². The molecule has 0 aromatic rings. The second-order valence-corrected chi connectivity index (χ2v) is 6.81. The zero-order chi connectivity index (χ0) is 19.0. The number of esters is 1. The predicted octanol–water partition coefficient (Wildman–Crippen LogP) is 2.69. The monoisotopic (exact) mass is 355 g/mol. The Hall–Kier alpha value is -2.05. The van der Waals surface area contributed by atoms with Gasteiger partial charge in [-0.05, 0) is 47.5 Å². The molecule has 142 valence electrons. The number of carbonyl (C=O) groups excluding carboxylic acids is 3. The van der Waals surface area contributed by atoms with Crippen molar-refractivity contribution in [2.75, 3.05) is 26.3 Å². The molecule has 0 unspecified atom stereocenters. The van der Waals surface area contributed by atoms with Crippen molar-refractivity contribution in [2.45, 2.75) is 53.1 Å². The summed E-state index contributed by atoms with van der Waals surface area (Å²) < 4.78 is 15.4. The van der Waals surface area contributed by atoms with Crippen LogP contribution < -0.4 is 0 Å². The number of hydrogen-bond donors (Lipinski definition) is 0. The molecule has 0 aliphatic carbocycles. The van der Waals surface area contributed by atoms with Gasteiger partial charge in [0, 0.05) is 19.0 Å². The number of nitrogens with zero attached hydrogens (tertiary/aromatic N) is 1. The highest BCUT2D eigenvalue weighted by atomic mass is 16.6. The smallest absolute Gasteiger partial charge is 0.410 e. The first kappa shape index (κ1) is 21.0. The summed E-state index contributed by atoms with van der Waals surface area (Å²) in [6.07, 6.45) is 1.75. The van der Waals surface area contributed by atoms with Gasteiger partial charge in [-0.2, -0.15) is 0 Å². The Kier molecular flexibility index (Phi) is 7.93. The molecule has 7 heteroatoms. The molecule has 0 atom stereocenters. The van der Waals surface area contributed by atoms with E-state index in [4.69, 9.17) is 14.2 Å². The van der Waals surface area contributed by atoms with E-state index in [1.54, 1.807) is 18.7 Å². The first-order chi connectivity index (χ1) is 11.7. The summed E-state index contributed by atoms with van der Waals surface area (Å²) in [5, 5.41) is 0. The first-order valence-electron chi connectivity index (χ1n) is 8.70. The van der Waals surface area contributed by atoms with Crippen molar-refractivity contribution in [2.24, 2.45) is 5.92 Å². The Bertz CT molecular complexity index is 512. The molecule has 1 aliphatic heterocycles. The molecular weight excluding hydrogens is 326 g/mol. The van der Waals surface area contributed by atoms with Gasteiger partial charge in [0.15, 0.2) is 5.78 Å². The lowest BCUT2D eigenvalue weighted by molar-refractivity contribution is -0.141. The largest absolute Gasteiger partial charge is 0.500 e. The highest BCUT2D eigenvalue weighted by Crippen LogP contribution is 2.23. The molecule has 1 fully saturated rings. The van der Waals surface area contributed by atoms with Crippen molar-refractivity contribution < 1.29 is 28.6 Å². The zero-order valence-electron chi connectivity index (χ0n) is 15.8. The summed E-state index contributed by atoms with van der Waals surface area (Å²) in [7, 11) is 0. The van der Waals surface area contributed by atoms with Crippen LogP contribution in [0.4, 0.5) is 4.79 Å². The minimum Gasteiger partial charge on any atom is -0.500 e. The van der Waals surface area contributed by atoms with Crippen molar-refractivity contribution in [1.82, 2.24) is 4.90 Å². The van der Waals surface area contributed by atoms with Crippen LogP contribution in [-0.2, 0) is 23.8 Å². The third-order valence-electron chi connectivity index (χ3n) is 3.65. The number of carbonyl (C=O) groups is 3.